The van der Waals surface area contributed by atoms with Crippen LogP contribution in [0, 0.1) is 0 Å². The first kappa shape index (κ1) is 15.7. The molecule has 8 heteroatoms. The van der Waals surface area contributed by atoms with E-state index >= 15 is 0 Å². The molecule has 1 aliphatic heterocycles. The van der Waals surface area contributed by atoms with Crippen LogP contribution in [0.4, 0.5) is 5.82 Å². The average molecular weight is 318 g/mol. The fourth-order valence-corrected chi connectivity index (χ4v) is 2.98. The fourth-order valence-electron chi connectivity index (χ4n) is 2.98. The van der Waals surface area contributed by atoms with Gasteiger partial charge in [-0.05, 0) is 13.8 Å². The van der Waals surface area contributed by atoms with Crippen molar-refractivity contribution in [3.63, 3.8) is 0 Å². The van der Waals surface area contributed by atoms with E-state index in [1.807, 2.05) is 0 Å². The molecule has 0 spiro atoms. The Morgan fingerprint density at radius 2 is 2.09 bits per heavy atom. The van der Waals surface area contributed by atoms with Gasteiger partial charge in [-0.15, -0.1) is 0 Å². The summed E-state index contributed by atoms with van der Waals surface area (Å²) >= 11 is 0. The third-order valence-electron chi connectivity index (χ3n) is 3.83. The van der Waals surface area contributed by atoms with Crippen LogP contribution in [0.5, 0.6) is 0 Å². The Hall–Kier alpha value is -2.22. The van der Waals surface area contributed by atoms with Crippen molar-refractivity contribution in [3.05, 3.63) is 12.5 Å². The lowest BCUT2D eigenvalue weighted by atomic mass is 10.2. The molecular formula is C15H22N6O2. The van der Waals surface area contributed by atoms with Gasteiger partial charge in [0, 0.05) is 26.6 Å². The van der Waals surface area contributed by atoms with Gasteiger partial charge in [0.1, 0.15) is 12.1 Å². The number of fused-ring (bicyclic) bond motifs is 1. The van der Waals surface area contributed by atoms with E-state index in [9.17, 15) is 4.79 Å². The Balaban J connectivity index is 1.85. The molecule has 2 aromatic rings. The van der Waals surface area contributed by atoms with Crippen LogP contribution in [-0.4, -0.2) is 57.5 Å². The second-order valence-corrected chi connectivity index (χ2v) is 5.95. The van der Waals surface area contributed by atoms with Gasteiger partial charge in [-0.1, -0.05) is 0 Å². The summed E-state index contributed by atoms with van der Waals surface area (Å²) in [6.07, 6.45) is 3.69. The summed E-state index contributed by atoms with van der Waals surface area (Å²) < 4.78 is 7.58. The average Bonchev–Trinajstić information content (AvgIpc) is 2.89. The molecule has 1 saturated heterocycles. The molecule has 0 aliphatic carbocycles. The highest BCUT2D eigenvalue weighted by molar-refractivity contribution is 5.86. The number of anilines is 1. The van der Waals surface area contributed by atoms with Gasteiger partial charge in [-0.2, -0.15) is 5.10 Å². The third-order valence-corrected chi connectivity index (χ3v) is 3.83. The number of hydrogen-bond donors (Lipinski definition) is 1. The minimum Gasteiger partial charge on any atom is -0.372 e. The van der Waals surface area contributed by atoms with E-state index < -0.39 is 0 Å². The highest BCUT2D eigenvalue weighted by Gasteiger charge is 2.25. The molecule has 3 heterocycles. The number of hydrogen-bond acceptors (Lipinski definition) is 6. The van der Waals surface area contributed by atoms with Crippen LogP contribution in [0.1, 0.15) is 20.8 Å². The molecule has 23 heavy (non-hydrogen) atoms. The molecule has 0 bridgehead atoms. The number of carbonyl (C=O) groups is 1. The first-order valence-electron chi connectivity index (χ1n) is 7.86. The van der Waals surface area contributed by atoms with E-state index in [0.29, 0.717) is 13.1 Å². The highest BCUT2D eigenvalue weighted by atomic mass is 16.5. The van der Waals surface area contributed by atoms with Crippen molar-refractivity contribution in [2.75, 3.05) is 24.5 Å². The minimum atomic E-state index is -0.0481. The zero-order valence-electron chi connectivity index (χ0n) is 13.7. The maximum atomic E-state index is 11.0. The minimum absolute atomic E-state index is 0.0481. The number of ether oxygens (including phenoxy) is 1. The monoisotopic (exact) mass is 318 g/mol. The van der Waals surface area contributed by atoms with Crippen molar-refractivity contribution in [2.45, 2.75) is 39.5 Å². The van der Waals surface area contributed by atoms with Gasteiger partial charge in [-0.25, -0.2) is 14.6 Å². The van der Waals surface area contributed by atoms with Gasteiger partial charge >= 0.3 is 0 Å². The standard InChI is InChI=1S/C15H22N6O2/c1-10-7-20(8-11(2)23-10)14-13-6-19-21(5-4-16-12(3)22)15(13)18-9-17-14/h6,9-11H,4-5,7-8H2,1-3H3,(H,16,22). The van der Waals surface area contributed by atoms with Crippen LogP contribution in [0.15, 0.2) is 12.5 Å². The Kier molecular flexibility index (Phi) is 4.42. The van der Waals surface area contributed by atoms with Crippen molar-refractivity contribution in [3.8, 4) is 0 Å². The van der Waals surface area contributed by atoms with Crippen LogP contribution in [0.3, 0.4) is 0 Å². The Morgan fingerprint density at radius 1 is 1.35 bits per heavy atom. The van der Waals surface area contributed by atoms with Crippen LogP contribution in [0.25, 0.3) is 11.0 Å². The van der Waals surface area contributed by atoms with Gasteiger partial charge in [0.15, 0.2) is 5.65 Å². The van der Waals surface area contributed by atoms with Gasteiger partial charge in [0.25, 0.3) is 0 Å². The summed E-state index contributed by atoms with van der Waals surface area (Å²) in [6.45, 7) is 8.34. The normalized spacial score (nSPS) is 21.6. The van der Waals surface area contributed by atoms with E-state index in [1.54, 1.807) is 17.2 Å². The summed E-state index contributed by atoms with van der Waals surface area (Å²) in [5.74, 6) is 0.843. The van der Waals surface area contributed by atoms with E-state index in [2.05, 4.69) is 39.1 Å². The molecule has 0 radical (unpaired) electrons. The number of rotatable bonds is 4. The van der Waals surface area contributed by atoms with E-state index in [0.717, 1.165) is 29.9 Å². The van der Waals surface area contributed by atoms with Crippen LogP contribution in [0.2, 0.25) is 0 Å². The van der Waals surface area contributed by atoms with Crippen LogP contribution in [-0.2, 0) is 16.1 Å². The topological polar surface area (TPSA) is 85.2 Å². The molecule has 2 aromatic heterocycles. The number of morpholine rings is 1. The molecule has 0 saturated carbocycles. The lowest BCUT2D eigenvalue weighted by molar-refractivity contribution is -0.118. The maximum Gasteiger partial charge on any atom is 0.216 e. The van der Waals surface area contributed by atoms with E-state index in [-0.39, 0.29) is 18.1 Å². The van der Waals surface area contributed by atoms with E-state index in [4.69, 9.17) is 4.74 Å². The molecular weight excluding hydrogens is 296 g/mol. The van der Waals surface area contributed by atoms with Gasteiger partial charge < -0.3 is 15.0 Å². The van der Waals surface area contributed by atoms with Gasteiger partial charge in [0.2, 0.25) is 5.91 Å². The quantitative estimate of drug-likeness (QED) is 0.887. The molecule has 1 amide bonds. The SMILES string of the molecule is CC(=O)NCCn1ncc2c(N3CC(C)OC(C)C3)ncnc21. The van der Waals surface area contributed by atoms with Crippen molar-refractivity contribution >= 4 is 22.8 Å². The molecule has 1 aliphatic rings. The maximum absolute atomic E-state index is 11.0. The first-order chi connectivity index (χ1) is 11.0. The lowest BCUT2D eigenvalue weighted by Crippen LogP contribution is -2.45. The second kappa shape index (κ2) is 6.49. The summed E-state index contributed by atoms with van der Waals surface area (Å²) in [5, 5.41) is 8.09. The largest absolute Gasteiger partial charge is 0.372 e. The Morgan fingerprint density at radius 3 is 2.78 bits per heavy atom. The number of nitrogens with zero attached hydrogens (tertiary/aromatic N) is 5. The van der Waals surface area contributed by atoms with Gasteiger partial charge in [0.05, 0.1) is 30.3 Å². The molecule has 1 fully saturated rings. The van der Waals surface area contributed by atoms with Crippen LogP contribution < -0.4 is 10.2 Å². The van der Waals surface area contributed by atoms with Crippen molar-refractivity contribution in [2.24, 2.45) is 0 Å². The Labute approximate surface area is 134 Å². The van der Waals surface area contributed by atoms with Crippen LogP contribution >= 0.6 is 0 Å². The predicted molar refractivity (Wildman–Crippen MR) is 86.2 cm³/mol. The fraction of sp³-hybridized carbons (Fsp3) is 0.600. The Bertz CT molecular complexity index is 690. The first-order valence-corrected chi connectivity index (χ1v) is 7.86. The molecule has 1 N–H and O–H groups in total. The number of nitrogens with one attached hydrogen (secondary N) is 1. The molecule has 0 aromatic carbocycles. The zero-order valence-corrected chi connectivity index (χ0v) is 13.7. The second-order valence-electron chi connectivity index (χ2n) is 5.95. The smallest absolute Gasteiger partial charge is 0.216 e. The molecule has 2 unspecified atom stereocenters. The highest BCUT2D eigenvalue weighted by Crippen LogP contribution is 2.25. The summed E-state index contributed by atoms with van der Waals surface area (Å²) in [7, 11) is 0. The molecule has 8 nitrogen and oxygen atoms in total. The van der Waals surface area contributed by atoms with Crippen molar-refractivity contribution in [1.82, 2.24) is 25.1 Å². The molecule has 3 rings (SSSR count). The number of aromatic nitrogens is 4. The summed E-state index contributed by atoms with van der Waals surface area (Å²) in [6, 6.07) is 0. The number of carbonyl (C=O) groups excluding carboxylic acids is 1. The third kappa shape index (κ3) is 3.42. The molecule has 124 valence electrons. The van der Waals surface area contributed by atoms with Gasteiger partial charge in [-0.3, -0.25) is 4.79 Å². The van der Waals surface area contributed by atoms with E-state index in [1.165, 1.54) is 6.92 Å². The number of amides is 1. The summed E-state index contributed by atoms with van der Waals surface area (Å²) in [4.78, 5) is 22.0. The van der Waals surface area contributed by atoms with Crippen molar-refractivity contribution in [1.29, 1.82) is 0 Å². The molecule has 2 atom stereocenters. The lowest BCUT2D eigenvalue weighted by Gasteiger charge is -2.36. The summed E-state index contributed by atoms with van der Waals surface area (Å²) in [5.41, 5.74) is 0.784. The predicted octanol–water partition coefficient (Wildman–Crippen LogP) is 0.576. The van der Waals surface area contributed by atoms with Crippen molar-refractivity contribution < 1.29 is 9.53 Å². The zero-order chi connectivity index (χ0) is 16.4.